The van der Waals surface area contributed by atoms with Crippen molar-refractivity contribution >= 4 is 13.3 Å². The Bertz CT molecular complexity index is 263. The van der Waals surface area contributed by atoms with Crippen LogP contribution in [0.5, 0.6) is 0 Å². The Kier molecular flexibility index (Phi) is 4.77. The van der Waals surface area contributed by atoms with Crippen LogP contribution in [0.1, 0.15) is 25.7 Å². The van der Waals surface area contributed by atoms with Gasteiger partial charge in [0.1, 0.15) is 0 Å². The largest absolute Gasteiger partial charge is 0.550 e. The van der Waals surface area contributed by atoms with Gasteiger partial charge in [0.25, 0.3) is 7.37 Å². The van der Waals surface area contributed by atoms with Crippen LogP contribution in [0.15, 0.2) is 0 Å². The van der Waals surface area contributed by atoms with Crippen molar-refractivity contribution in [1.29, 1.82) is 0 Å². The molecule has 0 aromatic carbocycles. The van der Waals surface area contributed by atoms with Crippen molar-refractivity contribution in [3.63, 3.8) is 0 Å². The van der Waals surface area contributed by atoms with Gasteiger partial charge in [-0.15, -0.1) is 0 Å². The topological polar surface area (TPSA) is 81.9 Å². The maximum Gasteiger partial charge on any atom is 0.253 e. The van der Waals surface area contributed by atoms with E-state index in [1.807, 2.05) is 0 Å². The molecule has 0 aromatic heterocycles. The molecule has 1 aliphatic rings. The number of hydrogen-bond donors (Lipinski definition) is 2. The van der Waals surface area contributed by atoms with Gasteiger partial charge < -0.3 is 19.7 Å². The quantitative estimate of drug-likeness (QED) is 0.564. The van der Waals surface area contributed by atoms with E-state index in [-0.39, 0.29) is 18.9 Å². The molecule has 1 fully saturated rings. The second-order valence-corrected chi connectivity index (χ2v) is 6.62. The fourth-order valence-corrected chi connectivity index (χ4v) is 3.61. The van der Waals surface area contributed by atoms with Crippen molar-refractivity contribution < 1.29 is 24.3 Å². The Morgan fingerprint density at radius 1 is 1.33 bits per heavy atom. The summed E-state index contributed by atoms with van der Waals surface area (Å²) < 4.78 is 11.6. The molecule has 1 unspecified atom stereocenters. The van der Waals surface area contributed by atoms with Gasteiger partial charge in [-0.2, -0.15) is 0 Å². The molecule has 0 amide bonds. The Labute approximate surface area is 89.5 Å². The summed E-state index contributed by atoms with van der Waals surface area (Å²) in [6, 6.07) is 0. The fourth-order valence-electron chi connectivity index (χ4n) is 1.90. The standard InChI is InChI=1S/C9H18NO4P/c11-9(12)4-7-15(13,14)8-10-5-2-1-3-6-10/h1-8H2,(H,11,12)(H,13,14). The SMILES string of the molecule is O=C([O-])CCP(=O)(O)C[NH+]1CCCCC1. The molecule has 1 heterocycles. The highest BCUT2D eigenvalue weighted by Crippen LogP contribution is 2.38. The molecule has 5 nitrogen and oxygen atoms in total. The zero-order chi connectivity index (χ0) is 11.3. The third-order valence-electron chi connectivity index (χ3n) is 2.70. The highest BCUT2D eigenvalue weighted by atomic mass is 31.2. The lowest BCUT2D eigenvalue weighted by atomic mass is 10.1. The minimum Gasteiger partial charge on any atom is -0.550 e. The Morgan fingerprint density at radius 3 is 2.47 bits per heavy atom. The van der Waals surface area contributed by atoms with Gasteiger partial charge in [-0.25, -0.2) is 0 Å². The van der Waals surface area contributed by atoms with E-state index in [0.29, 0.717) is 0 Å². The molecule has 0 aliphatic carbocycles. The summed E-state index contributed by atoms with van der Waals surface area (Å²) in [4.78, 5) is 20.9. The molecular weight excluding hydrogens is 217 g/mol. The summed E-state index contributed by atoms with van der Waals surface area (Å²) in [5.74, 6) is -1.25. The Balaban J connectivity index is 2.33. The zero-order valence-corrected chi connectivity index (χ0v) is 9.67. The molecule has 2 N–H and O–H groups in total. The lowest BCUT2D eigenvalue weighted by Crippen LogP contribution is -3.12. The first-order chi connectivity index (χ1) is 6.99. The first-order valence-electron chi connectivity index (χ1n) is 5.34. The average Bonchev–Trinajstić information content (AvgIpc) is 2.16. The monoisotopic (exact) mass is 235 g/mol. The molecule has 1 aliphatic heterocycles. The van der Waals surface area contributed by atoms with Gasteiger partial charge in [-0.3, -0.25) is 4.57 Å². The molecule has 0 saturated carbocycles. The number of carboxylic acids is 1. The summed E-state index contributed by atoms with van der Waals surface area (Å²) in [7, 11) is -3.27. The lowest BCUT2D eigenvalue weighted by Gasteiger charge is -2.25. The lowest BCUT2D eigenvalue weighted by molar-refractivity contribution is -0.893. The van der Waals surface area contributed by atoms with Gasteiger partial charge in [0.05, 0.1) is 13.1 Å². The van der Waals surface area contributed by atoms with Crippen LogP contribution in [0, 0.1) is 0 Å². The normalized spacial score (nSPS) is 22.2. The second-order valence-electron chi connectivity index (χ2n) is 4.16. The van der Waals surface area contributed by atoms with E-state index < -0.39 is 13.3 Å². The predicted molar refractivity (Wildman–Crippen MR) is 53.7 cm³/mol. The second kappa shape index (κ2) is 5.64. The van der Waals surface area contributed by atoms with Crippen molar-refractivity contribution in [3.8, 4) is 0 Å². The summed E-state index contributed by atoms with van der Waals surface area (Å²) in [6.45, 7) is 1.85. The van der Waals surface area contributed by atoms with Crippen LogP contribution < -0.4 is 10.0 Å². The number of piperidine rings is 1. The van der Waals surface area contributed by atoms with E-state index in [1.165, 1.54) is 6.42 Å². The minimum atomic E-state index is -3.27. The number of carboxylic acid groups (broad SMARTS) is 1. The average molecular weight is 235 g/mol. The number of nitrogens with one attached hydrogen (secondary N) is 1. The number of quaternary nitrogens is 1. The van der Waals surface area contributed by atoms with E-state index in [4.69, 9.17) is 0 Å². The molecule has 0 bridgehead atoms. The number of aliphatic carboxylic acids is 1. The molecule has 6 heteroatoms. The van der Waals surface area contributed by atoms with Gasteiger partial charge in [0.15, 0.2) is 6.29 Å². The summed E-state index contributed by atoms with van der Waals surface area (Å²) >= 11 is 0. The molecule has 88 valence electrons. The summed E-state index contributed by atoms with van der Waals surface area (Å²) in [5, 5.41) is 10.2. The number of hydrogen-bond acceptors (Lipinski definition) is 3. The van der Waals surface area contributed by atoms with E-state index >= 15 is 0 Å². The highest BCUT2D eigenvalue weighted by Gasteiger charge is 2.26. The molecule has 15 heavy (non-hydrogen) atoms. The van der Waals surface area contributed by atoms with Crippen molar-refractivity contribution in [2.45, 2.75) is 25.7 Å². The van der Waals surface area contributed by atoms with Crippen LogP contribution in [0.25, 0.3) is 0 Å². The number of likely N-dealkylation sites (tertiary alicyclic amines) is 1. The first-order valence-corrected chi connectivity index (χ1v) is 7.37. The van der Waals surface area contributed by atoms with Gasteiger partial charge in [-0.05, 0) is 25.7 Å². The van der Waals surface area contributed by atoms with Crippen LogP contribution in [0.4, 0.5) is 0 Å². The first kappa shape index (κ1) is 12.7. The number of rotatable bonds is 5. The van der Waals surface area contributed by atoms with Gasteiger partial charge in [0, 0.05) is 12.1 Å². The van der Waals surface area contributed by atoms with Crippen molar-refractivity contribution in [2.24, 2.45) is 0 Å². The maximum atomic E-state index is 11.6. The van der Waals surface area contributed by atoms with E-state index in [9.17, 15) is 19.4 Å². The van der Waals surface area contributed by atoms with Gasteiger partial charge in [-0.1, -0.05) is 0 Å². The molecule has 0 radical (unpaired) electrons. The van der Waals surface area contributed by atoms with E-state index in [0.717, 1.165) is 30.8 Å². The van der Waals surface area contributed by atoms with Crippen molar-refractivity contribution in [1.82, 2.24) is 0 Å². The molecule has 0 aromatic rings. The molecule has 1 rings (SSSR count). The van der Waals surface area contributed by atoms with Crippen LogP contribution >= 0.6 is 7.37 Å². The molecule has 1 saturated heterocycles. The minimum absolute atomic E-state index is 0.154. The Hall–Kier alpha value is -0.380. The maximum absolute atomic E-state index is 11.6. The van der Waals surface area contributed by atoms with Crippen molar-refractivity contribution in [2.75, 3.05) is 25.5 Å². The summed E-state index contributed by atoms with van der Waals surface area (Å²) in [5.41, 5.74) is 0. The third-order valence-corrected chi connectivity index (χ3v) is 4.56. The highest BCUT2D eigenvalue weighted by molar-refractivity contribution is 7.57. The predicted octanol–water partition coefficient (Wildman–Crippen LogP) is -1.58. The molecule has 0 spiro atoms. The number of carbonyl (C=O) groups excluding carboxylic acids is 1. The van der Waals surface area contributed by atoms with Gasteiger partial charge >= 0.3 is 0 Å². The van der Waals surface area contributed by atoms with Crippen molar-refractivity contribution in [3.05, 3.63) is 0 Å². The number of carbonyl (C=O) groups is 1. The van der Waals surface area contributed by atoms with Crippen LogP contribution in [-0.2, 0) is 9.36 Å². The third kappa shape index (κ3) is 5.30. The zero-order valence-electron chi connectivity index (χ0n) is 8.78. The Morgan fingerprint density at radius 2 is 1.93 bits per heavy atom. The fraction of sp³-hybridized carbons (Fsp3) is 0.889. The van der Waals surface area contributed by atoms with Crippen LogP contribution in [-0.4, -0.2) is 36.4 Å². The van der Waals surface area contributed by atoms with Crippen LogP contribution in [0.3, 0.4) is 0 Å². The van der Waals surface area contributed by atoms with Crippen LogP contribution in [0.2, 0.25) is 0 Å². The smallest absolute Gasteiger partial charge is 0.253 e. The van der Waals surface area contributed by atoms with Gasteiger partial charge in [0.2, 0.25) is 0 Å². The molecule has 1 atom stereocenters. The van der Waals surface area contributed by atoms with E-state index in [2.05, 4.69) is 0 Å². The van der Waals surface area contributed by atoms with E-state index in [1.54, 1.807) is 0 Å². The molecular formula is C9H18NO4P. The summed E-state index contributed by atoms with van der Waals surface area (Å²) in [6.07, 6.45) is 3.12.